The van der Waals surface area contributed by atoms with Crippen molar-refractivity contribution in [2.75, 3.05) is 0 Å². The lowest BCUT2D eigenvalue weighted by atomic mass is 9.85. The maximum atomic E-state index is 9.35. The number of fused-ring (bicyclic) bond motifs is 6. The third kappa shape index (κ3) is 3.79. The van der Waals surface area contributed by atoms with E-state index in [0.29, 0.717) is 27.5 Å². The van der Waals surface area contributed by atoms with Gasteiger partial charge in [-0.25, -0.2) is 0 Å². The van der Waals surface area contributed by atoms with E-state index in [2.05, 4.69) is 0 Å². The highest BCUT2D eigenvalue weighted by Crippen LogP contribution is 2.44. The molecule has 0 unspecified atom stereocenters. The second-order valence-electron chi connectivity index (χ2n) is 9.90. The van der Waals surface area contributed by atoms with Crippen molar-refractivity contribution in [3.05, 3.63) is 157 Å². The molecule has 200 valence electrons. The number of benzene rings is 8. The van der Waals surface area contributed by atoms with Crippen LogP contribution in [0.2, 0.25) is 0 Å². The van der Waals surface area contributed by atoms with E-state index in [1.165, 1.54) is 24.3 Å². The Kier molecular flexibility index (Phi) is 2.70. The fourth-order valence-electron chi connectivity index (χ4n) is 5.62. The molecule has 1 heterocycles. The SMILES string of the molecule is [2H]c1cc2c(-c3ccc(-c4c([2H])c([2H])c5oc6c([2H])c([2H])c([2H])c([2H])c6c5c4[2H])cc3)c3cc([2H])c([2H])cc3c(-c3c([2H])c([2H])c4c([2H])c([2H])c([2H])c([2H])c4c3[2H])c2cc1[2H]. The molecule has 9 rings (SSSR count). The van der Waals surface area contributed by atoms with Gasteiger partial charge in [-0.1, -0.05) is 133 Å². The minimum absolute atomic E-state index is 0.0183. The van der Waals surface area contributed by atoms with Gasteiger partial charge in [-0.15, -0.1) is 0 Å². The second-order valence-corrected chi connectivity index (χ2v) is 9.90. The van der Waals surface area contributed by atoms with Gasteiger partial charge in [0, 0.05) is 10.8 Å². The molecule has 0 atom stereocenters. The van der Waals surface area contributed by atoms with Gasteiger partial charge in [-0.3, -0.25) is 0 Å². The Labute approximate surface area is 274 Å². The fourth-order valence-corrected chi connectivity index (χ4v) is 5.62. The molecule has 0 saturated carbocycles. The van der Waals surface area contributed by atoms with E-state index in [4.69, 9.17) is 25.0 Å². The number of rotatable bonds is 3. The average Bonchev–Trinajstić information content (AvgIpc) is 3.64. The van der Waals surface area contributed by atoms with Gasteiger partial charge in [0.15, 0.2) is 0 Å². The van der Waals surface area contributed by atoms with Crippen molar-refractivity contribution >= 4 is 54.3 Å². The van der Waals surface area contributed by atoms with E-state index in [1.54, 1.807) is 24.3 Å². The summed E-state index contributed by atoms with van der Waals surface area (Å²) < 4.78 is 162. The molecule has 9 aromatic rings. The molecule has 0 bridgehead atoms. The van der Waals surface area contributed by atoms with E-state index in [1.807, 2.05) is 0 Å². The predicted molar refractivity (Wildman–Crippen MR) is 183 cm³/mol. The molecule has 0 saturated heterocycles. The summed E-state index contributed by atoms with van der Waals surface area (Å²) in [7, 11) is 0. The van der Waals surface area contributed by atoms with Gasteiger partial charge in [0.25, 0.3) is 0 Å². The molecule has 0 radical (unpaired) electrons. The first-order chi connectivity index (χ1) is 28.8. The zero-order chi connectivity index (χ0) is 44.0. The molecule has 1 aromatic heterocycles. The Bertz CT molecular complexity index is 3430. The Balaban J connectivity index is 1.35. The van der Waals surface area contributed by atoms with Crippen LogP contribution < -0.4 is 0 Å². The van der Waals surface area contributed by atoms with E-state index in [0.717, 1.165) is 0 Å². The van der Waals surface area contributed by atoms with Crippen LogP contribution in [0, 0.1) is 0 Å². The maximum absolute atomic E-state index is 9.35. The molecule has 0 aliphatic heterocycles. The van der Waals surface area contributed by atoms with Crippen LogP contribution >= 0.6 is 0 Å². The molecule has 0 spiro atoms. The summed E-state index contributed by atoms with van der Waals surface area (Å²) in [6, 6.07) is 3.81. The van der Waals surface area contributed by atoms with E-state index < -0.39 is 78.6 Å². The maximum Gasteiger partial charge on any atom is 0.135 e. The van der Waals surface area contributed by atoms with E-state index >= 15 is 0 Å². The number of para-hydroxylation sites is 1. The Morgan fingerprint density at radius 3 is 1.63 bits per heavy atom. The van der Waals surface area contributed by atoms with Crippen LogP contribution in [0.15, 0.2) is 162 Å². The molecule has 1 heteroatoms. The molecular formula is C42H26O. The highest BCUT2D eigenvalue weighted by molar-refractivity contribution is 6.21. The highest BCUT2D eigenvalue weighted by atomic mass is 16.3. The van der Waals surface area contributed by atoms with E-state index in [9.17, 15) is 4.11 Å². The summed E-state index contributed by atoms with van der Waals surface area (Å²) in [5, 5.41) is 0.299. The summed E-state index contributed by atoms with van der Waals surface area (Å²) in [4.78, 5) is 0. The zero-order valence-corrected chi connectivity index (χ0v) is 22.0. The Morgan fingerprint density at radius 2 is 0.907 bits per heavy atom. The lowest BCUT2D eigenvalue weighted by Gasteiger charge is -2.18. The lowest BCUT2D eigenvalue weighted by Crippen LogP contribution is -1.91. The third-order valence-electron chi connectivity index (χ3n) is 7.54. The van der Waals surface area contributed by atoms with E-state index in [-0.39, 0.29) is 90.4 Å². The first-order valence-electron chi connectivity index (χ1n) is 22.3. The fraction of sp³-hybridized carbons (Fsp3) is 0. The van der Waals surface area contributed by atoms with Crippen LogP contribution in [0.1, 0.15) is 24.7 Å². The quantitative estimate of drug-likeness (QED) is 0.195. The van der Waals surface area contributed by atoms with Crippen molar-refractivity contribution < 1.29 is 29.1 Å². The van der Waals surface area contributed by atoms with Crippen LogP contribution in [-0.2, 0) is 0 Å². The average molecular weight is 565 g/mol. The minimum atomic E-state index is -0.637. The van der Waals surface area contributed by atoms with Gasteiger partial charge < -0.3 is 4.42 Å². The number of hydrogen-bond acceptors (Lipinski definition) is 1. The monoisotopic (exact) mass is 564 g/mol. The van der Waals surface area contributed by atoms with Crippen molar-refractivity contribution in [1.82, 2.24) is 0 Å². The number of furan rings is 1. The summed E-state index contributed by atoms with van der Waals surface area (Å²) in [5.41, 5.74) is 0.538. The normalized spacial score (nSPS) is 17.6. The van der Waals surface area contributed by atoms with Crippen LogP contribution in [0.4, 0.5) is 0 Å². The lowest BCUT2D eigenvalue weighted by molar-refractivity contribution is 0.669. The first-order valence-corrected chi connectivity index (χ1v) is 13.3. The summed E-state index contributed by atoms with van der Waals surface area (Å²) in [6.07, 6.45) is 0. The molecule has 1 nitrogen and oxygen atoms in total. The second kappa shape index (κ2) is 9.44. The summed E-state index contributed by atoms with van der Waals surface area (Å²) in [5.74, 6) is 0. The highest BCUT2D eigenvalue weighted by Gasteiger charge is 2.17. The van der Waals surface area contributed by atoms with Gasteiger partial charge in [-0.2, -0.15) is 0 Å². The molecule has 0 amide bonds. The van der Waals surface area contributed by atoms with Gasteiger partial charge in [0.1, 0.15) is 11.2 Å². The van der Waals surface area contributed by atoms with Crippen molar-refractivity contribution in [1.29, 1.82) is 0 Å². The molecule has 0 fully saturated rings. The first kappa shape index (κ1) is 12.3. The summed E-state index contributed by atoms with van der Waals surface area (Å²) in [6.45, 7) is 0. The third-order valence-corrected chi connectivity index (χ3v) is 7.54. The molecule has 0 aliphatic carbocycles. The molecule has 0 N–H and O–H groups in total. The van der Waals surface area contributed by atoms with Crippen molar-refractivity contribution in [2.24, 2.45) is 0 Å². The van der Waals surface area contributed by atoms with Crippen molar-refractivity contribution in [3.63, 3.8) is 0 Å². The molecule has 8 aromatic carbocycles. The molecule has 0 aliphatic rings. The zero-order valence-electron chi connectivity index (χ0n) is 40.0. The standard InChI is InChI=1S/C42H26O/c1-2-10-30-25-32(22-19-27(30)9-1)42-36-14-5-3-12-34(36)41(35-13-4-6-15-37(35)42)29-20-17-28(18-21-29)31-23-24-40-38(26-31)33-11-7-8-16-39(33)43-40/h1-26H/i1D,2D,3D,4D,5D,6D,7D,8D,9D,10D,11D,16D,19D,22D,23D,24D,25D,26D. The molecular weight excluding hydrogens is 520 g/mol. The van der Waals surface area contributed by atoms with Gasteiger partial charge >= 0.3 is 0 Å². The Hall–Kier alpha value is -5.66. The smallest absolute Gasteiger partial charge is 0.135 e. The largest absolute Gasteiger partial charge is 0.456 e. The Morgan fingerprint density at radius 1 is 0.349 bits per heavy atom. The van der Waals surface area contributed by atoms with Crippen LogP contribution in [0.25, 0.3) is 87.6 Å². The summed E-state index contributed by atoms with van der Waals surface area (Å²) >= 11 is 0. The van der Waals surface area contributed by atoms with Crippen molar-refractivity contribution in [2.45, 2.75) is 0 Å². The van der Waals surface area contributed by atoms with Crippen LogP contribution in [-0.4, -0.2) is 0 Å². The van der Waals surface area contributed by atoms with Gasteiger partial charge in [-0.05, 0) is 89.9 Å². The number of hydrogen-bond donors (Lipinski definition) is 0. The molecule has 43 heavy (non-hydrogen) atoms. The predicted octanol–water partition coefficient (Wildman–Crippen LogP) is 12.0. The van der Waals surface area contributed by atoms with Crippen LogP contribution in [0.3, 0.4) is 0 Å². The van der Waals surface area contributed by atoms with Crippen molar-refractivity contribution in [3.8, 4) is 33.4 Å². The minimum Gasteiger partial charge on any atom is -0.456 e. The van der Waals surface area contributed by atoms with Gasteiger partial charge in [0.2, 0.25) is 0 Å². The van der Waals surface area contributed by atoms with Crippen LogP contribution in [0.5, 0.6) is 0 Å². The van der Waals surface area contributed by atoms with Gasteiger partial charge in [0.05, 0.1) is 24.7 Å². The topological polar surface area (TPSA) is 13.1 Å².